The normalized spacial score (nSPS) is 13.4. The molecule has 0 aromatic heterocycles. The summed E-state index contributed by atoms with van der Waals surface area (Å²) in [6.45, 7) is -2.22. The van der Waals surface area contributed by atoms with Crippen LogP contribution in [0.4, 0.5) is 0 Å². The maximum atomic E-state index is 12.2. The van der Waals surface area contributed by atoms with E-state index >= 15 is 0 Å². The van der Waals surface area contributed by atoms with Gasteiger partial charge in [0.25, 0.3) is 80.9 Å². The van der Waals surface area contributed by atoms with E-state index in [1.807, 2.05) is 0 Å². The molecule has 8 aromatic carbocycles. The van der Waals surface area contributed by atoms with E-state index < -0.39 is 127 Å². The second-order valence-corrected chi connectivity index (χ2v) is 41.1. The smallest absolute Gasteiger partial charge is 0.264 e. The van der Waals surface area contributed by atoms with Crippen LogP contribution >= 0.6 is 0 Å². The van der Waals surface area contributed by atoms with Gasteiger partial charge in [0.15, 0.2) is 0 Å². The van der Waals surface area contributed by atoms with Crippen molar-refractivity contribution in [2.75, 3.05) is 98.9 Å². The summed E-state index contributed by atoms with van der Waals surface area (Å²) in [7, 11) is -36.1. The average Bonchev–Trinajstić information content (AvgIpc) is 0.797. The van der Waals surface area contributed by atoms with Gasteiger partial charge in [-0.25, -0.2) is 0 Å². The van der Waals surface area contributed by atoms with Gasteiger partial charge in [-0.2, -0.15) is 67.3 Å². The molecule has 0 heterocycles. The van der Waals surface area contributed by atoms with E-state index in [1.54, 1.807) is 146 Å². The van der Waals surface area contributed by atoms with Gasteiger partial charge in [0, 0.05) is 51.4 Å². The van der Waals surface area contributed by atoms with Crippen LogP contribution in [0, 0.1) is 0 Å². The van der Waals surface area contributed by atoms with Crippen LogP contribution in [0.15, 0.2) is 146 Å². The summed E-state index contributed by atoms with van der Waals surface area (Å²) >= 11 is 0. The molecule has 8 aromatic rings. The Kier molecular flexibility index (Phi) is 34.1. The molecule has 0 saturated carbocycles. The molecule has 8 N–H and O–H groups in total. The van der Waals surface area contributed by atoms with Crippen LogP contribution in [-0.2, 0) is 132 Å². The minimum atomic E-state index is -4.51. The van der Waals surface area contributed by atoms with E-state index in [0.29, 0.717) is 89.0 Å². The fourth-order valence-corrected chi connectivity index (χ4v) is 17.6. The van der Waals surface area contributed by atoms with Gasteiger partial charge in [0.05, 0.1) is 98.9 Å². The van der Waals surface area contributed by atoms with Crippen molar-refractivity contribution in [3.05, 3.63) is 235 Å². The zero-order valence-corrected chi connectivity index (χ0v) is 71.7. The number of hydrogen-bond donors (Lipinski definition) is 8. The number of rotatable bonds is 40. The Morgan fingerprint density at radius 2 is 0.250 bits per heavy atom. The molecule has 1 aliphatic carbocycles. The zero-order chi connectivity index (χ0) is 87.1. The van der Waals surface area contributed by atoms with Gasteiger partial charge in [-0.1, -0.05) is 146 Å². The summed E-state index contributed by atoms with van der Waals surface area (Å²) in [5, 5.41) is 0. The minimum absolute atomic E-state index is 0.0361. The van der Waals surface area contributed by atoms with Crippen LogP contribution in [0.1, 0.15) is 140 Å². The average molecular weight is 1830 g/mol. The van der Waals surface area contributed by atoms with Crippen molar-refractivity contribution in [3.63, 3.8) is 0 Å². The van der Waals surface area contributed by atoms with Gasteiger partial charge in [0.1, 0.15) is 46.0 Å². The summed E-state index contributed by atoms with van der Waals surface area (Å²) in [6, 6.07) is 41.5. The highest BCUT2D eigenvalue weighted by molar-refractivity contribution is 7.87. The fourth-order valence-electron chi connectivity index (χ4n) is 13.8. The predicted molar refractivity (Wildman–Crippen MR) is 446 cm³/mol. The Morgan fingerprint density at radius 1 is 0.167 bits per heavy atom. The van der Waals surface area contributed by atoms with Gasteiger partial charge < -0.3 is 37.9 Å². The second kappa shape index (κ2) is 43.0. The number of benzene rings is 8. The molecule has 9 rings (SSSR count). The van der Waals surface area contributed by atoms with Crippen LogP contribution < -0.4 is 37.9 Å². The highest BCUT2D eigenvalue weighted by atomic mass is 32.2. The maximum absolute atomic E-state index is 12.2. The summed E-state index contributed by atoms with van der Waals surface area (Å²) in [5.74, 6) is -3.80. The number of fused-ring (bicyclic) bond motifs is 16. The molecule has 120 heavy (non-hydrogen) atoms. The van der Waals surface area contributed by atoms with Crippen molar-refractivity contribution >= 4 is 80.9 Å². The molecule has 656 valence electrons. The number of hydrogen-bond acceptors (Lipinski definition) is 24. The molecule has 0 amide bonds. The molecule has 0 spiro atoms. The first kappa shape index (κ1) is 95.3. The maximum Gasteiger partial charge on any atom is 0.264 e. The van der Waals surface area contributed by atoms with Gasteiger partial charge in [-0.15, -0.1) is 0 Å². The van der Waals surface area contributed by atoms with Crippen molar-refractivity contribution in [1.82, 2.24) is 0 Å². The third-order valence-electron chi connectivity index (χ3n) is 18.8. The third-order valence-corrected chi connectivity index (χ3v) is 25.3. The summed E-state index contributed by atoms with van der Waals surface area (Å²) < 4.78 is 326. The third kappa shape index (κ3) is 32.4. The van der Waals surface area contributed by atoms with E-state index in [2.05, 4.69) is 0 Å². The molecule has 1 aliphatic rings. The van der Waals surface area contributed by atoms with Crippen molar-refractivity contribution < 1.29 is 142 Å². The molecular weight excluding hydrogens is 1730 g/mol. The summed E-state index contributed by atoms with van der Waals surface area (Å²) in [4.78, 5) is 0. The largest absolute Gasteiger partial charge is 0.493 e. The standard InChI is InChI=1S/C80H96O32S8/c81-113(82,83)41-9-33-105-73-57-17-1-18-58(73)50-60-20-3-22-62(75(60)107-35-11-43-115(87,88)89)52-64-24-5-26-66(77(64)109-37-13-45-117(93,94)95)54-68-28-7-30-70(79(68)111-39-15-47-119(99,100)101)56-72-32-8-31-71(80(72)112-40-16-48-120(102,103)104)55-69-29-6-27-67(78(69)110-38-14-46-118(96,97)98)53-65-25-4-23-63(76(65)108-36-12-44-116(90,91)92)51-61-21-2-19-59(49-57)74(61)106-34-10-42-114(84,85)86/h1-8,17-32H,9-16,33-56H2,(H,81,82,83)(H,84,85,86)(H,87,88,89)(H,90,91,92)(H,93,94,95)(H,96,97,98)(H,99,100,101)(H,102,103,104). The van der Waals surface area contributed by atoms with E-state index in [0.717, 1.165) is 0 Å². The van der Waals surface area contributed by atoms with Crippen molar-refractivity contribution in [3.8, 4) is 46.0 Å². The van der Waals surface area contributed by atoms with Gasteiger partial charge >= 0.3 is 0 Å². The Bertz CT molecular complexity index is 4630. The Hall–Kier alpha value is -8.56. The second-order valence-electron chi connectivity index (χ2n) is 28.6. The van der Waals surface area contributed by atoms with Crippen molar-refractivity contribution in [1.29, 1.82) is 0 Å². The van der Waals surface area contributed by atoms with Gasteiger partial charge in [-0.05, 0) is 140 Å². The molecule has 0 unspecified atom stereocenters. The van der Waals surface area contributed by atoms with Crippen LogP contribution in [0.3, 0.4) is 0 Å². The lowest BCUT2D eigenvalue weighted by atomic mass is 9.91. The van der Waals surface area contributed by atoms with E-state index in [4.69, 9.17) is 37.9 Å². The van der Waals surface area contributed by atoms with Crippen LogP contribution in [-0.4, -0.2) is 203 Å². The molecule has 16 bridgehead atoms. The van der Waals surface area contributed by atoms with Crippen LogP contribution in [0.25, 0.3) is 0 Å². The van der Waals surface area contributed by atoms with E-state index in [1.165, 1.54) is 0 Å². The molecular formula is C80H96O32S8. The summed E-state index contributed by atoms with van der Waals surface area (Å²) in [6.07, 6.45) is -1.92. The SMILES string of the molecule is O=S(=O)(O)CCCOc1c2cccc1Cc1cccc(c1OCCCS(=O)(=O)O)Cc1cccc(c1OCCCS(=O)(=O)O)Cc1cccc(c1OCCCS(=O)(=O)O)Cc1cccc(c1OCCCS(=O)(=O)O)Cc1cccc(c1OCCCS(=O)(=O)O)Cc1cccc(c1OCCCS(=O)(=O)O)Cc1cccc(c1OCCCS(=O)(=O)O)C2. The molecule has 0 fully saturated rings. The first-order chi connectivity index (χ1) is 56.5. The quantitative estimate of drug-likeness (QED) is 0.0131. The van der Waals surface area contributed by atoms with E-state index in [9.17, 15) is 104 Å². The monoisotopic (exact) mass is 1820 g/mol. The lowest BCUT2D eigenvalue weighted by Crippen LogP contribution is -2.13. The number of ether oxygens (including phenoxy) is 8. The summed E-state index contributed by atoms with van der Waals surface area (Å²) in [5.41, 5.74) is 7.51. The van der Waals surface area contributed by atoms with E-state index in [-0.39, 0.29) is 202 Å². The van der Waals surface area contributed by atoms with Crippen molar-refractivity contribution in [2.24, 2.45) is 0 Å². The highest BCUT2D eigenvalue weighted by Gasteiger charge is 2.27. The van der Waals surface area contributed by atoms with Gasteiger partial charge in [0.2, 0.25) is 0 Å². The Balaban J connectivity index is 1.32. The van der Waals surface area contributed by atoms with Crippen LogP contribution in [0.5, 0.6) is 46.0 Å². The topological polar surface area (TPSA) is 509 Å². The molecule has 0 radical (unpaired) electrons. The first-order valence-electron chi connectivity index (χ1n) is 38.0. The lowest BCUT2D eigenvalue weighted by molar-refractivity contribution is 0.303. The van der Waals surface area contributed by atoms with Crippen LogP contribution in [0.2, 0.25) is 0 Å². The minimum Gasteiger partial charge on any atom is -0.493 e. The predicted octanol–water partition coefficient (Wildman–Crippen LogP) is 9.98. The molecule has 0 aliphatic heterocycles. The Labute approximate surface area is 699 Å². The van der Waals surface area contributed by atoms with Gasteiger partial charge in [-0.3, -0.25) is 36.4 Å². The van der Waals surface area contributed by atoms with Crippen molar-refractivity contribution in [2.45, 2.75) is 103 Å². The highest BCUT2D eigenvalue weighted by Crippen LogP contribution is 2.42. The fraction of sp³-hybridized carbons (Fsp3) is 0.400. The zero-order valence-electron chi connectivity index (χ0n) is 65.1. The Morgan fingerprint density at radius 3 is 0.325 bits per heavy atom. The molecule has 40 heteroatoms. The lowest BCUT2D eigenvalue weighted by Gasteiger charge is -2.23. The number of para-hydroxylation sites is 8. The molecule has 0 atom stereocenters. The molecule has 32 nitrogen and oxygen atoms in total. The first-order valence-corrected chi connectivity index (χ1v) is 50.9. The molecule has 0 saturated heterocycles.